The Balaban J connectivity index is 1.71. The maximum Gasteiger partial charge on any atom is 0.270 e. The van der Waals surface area contributed by atoms with E-state index < -0.39 is 0 Å². The first-order valence-electron chi connectivity index (χ1n) is 5.54. The number of aromatic nitrogens is 2. The molecule has 7 heteroatoms. The van der Waals surface area contributed by atoms with E-state index in [4.69, 9.17) is 4.74 Å². The van der Waals surface area contributed by atoms with Crippen LogP contribution in [0.4, 0.5) is 0 Å². The molecule has 1 amide bonds. The van der Waals surface area contributed by atoms with Crippen LogP contribution in [-0.4, -0.2) is 60.4 Å². The number of morpholine rings is 1. The van der Waals surface area contributed by atoms with E-state index in [1.807, 2.05) is 0 Å². The molecule has 1 saturated heterocycles. The highest BCUT2D eigenvalue weighted by Crippen LogP contribution is 2.11. The van der Waals surface area contributed by atoms with Crippen LogP contribution in [0.15, 0.2) is 10.7 Å². The molecule has 0 bridgehead atoms. The lowest BCUT2D eigenvalue weighted by atomic mass is 10.4. The molecule has 0 aromatic carbocycles. The highest BCUT2D eigenvalue weighted by Gasteiger charge is 2.13. The van der Waals surface area contributed by atoms with Crippen molar-refractivity contribution in [1.29, 1.82) is 0 Å². The van der Waals surface area contributed by atoms with Gasteiger partial charge >= 0.3 is 0 Å². The van der Waals surface area contributed by atoms with E-state index in [0.717, 1.165) is 32.8 Å². The van der Waals surface area contributed by atoms with Gasteiger partial charge in [-0.3, -0.25) is 14.8 Å². The normalized spacial score (nSPS) is 17.0. The monoisotopic (exact) mass is 302 g/mol. The Bertz CT molecular complexity index is 376. The zero-order chi connectivity index (χ0) is 12.1. The van der Waals surface area contributed by atoms with Gasteiger partial charge in [0, 0.05) is 26.2 Å². The van der Waals surface area contributed by atoms with Crippen LogP contribution in [0, 0.1) is 0 Å². The molecule has 1 aliphatic heterocycles. The molecular weight excluding hydrogens is 288 g/mol. The summed E-state index contributed by atoms with van der Waals surface area (Å²) in [5, 5.41) is 9.28. The van der Waals surface area contributed by atoms with Gasteiger partial charge < -0.3 is 10.1 Å². The Kier molecular flexibility index (Phi) is 4.52. The van der Waals surface area contributed by atoms with Gasteiger partial charge in [-0.1, -0.05) is 0 Å². The van der Waals surface area contributed by atoms with Gasteiger partial charge in [-0.25, -0.2) is 0 Å². The fourth-order valence-electron chi connectivity index (χ4n) is 1.67. The molecule has 1 aliphatic rings. The summed E-state index contributed by atoms with van der Waals surface area (Å²) in [4.78, 5) is 14.0. The molecule has 1 aromatic rings. The number of carbonyl (C=O) groups excluding carboxylic acids is 1. The summed E-state index contributed by atoms with van der Waals surface area (Å²) in [6, 6.07) is 0. The first kappa shape index (κ1) is 12.5. The van der Waals surface area contributed by atoms with Gasteiger partial charge in [0.25, 0.3) is 5.91 Å². The van der Waals surface area contributed by atoms with E-state index in [0.29, 0.717) is 16.7 Å². The third-order valence-corrected chi connectivity index (χ3v) is 3.24. The molecule has 1 fully saturated rings. The molecule has 94 valence electrons. The van der Waals surface area contributed by atoms with Gasteiger partial charge in [0.15, 0.2) is 0 Å². The van der Waals surface area contributed by atoms with Crippen molar-refractivity contribution in [2.24, 2.45) is 0 Å². The van der Waals surface area contributed by atoms with Crippen LogP contribution in [0.5, 0.6) is 0 Å². The number of nitrogens with zero attached hydrogens (tertiary/aromatic N) is 2. The standard InChI is InChI=1S/C10H15BrN4O2/c11-8-7-13-14-9(8)10(16)12-1-2-15-3-5-17-6-4-15/h7H,1-6H2,(H,12,16)(H,13,14). The maximum atomic E-state index is 11.7. The molecule has 0 aliphatic carbocycles. The molecule has 1 aromatic heterocycles. The topological polar surface area (TPSA) is 70.2 Å². The Morgan fingerprint density at radius 2 is 2.35 bits per heavy atom. The first-order valence-corrected chi connectivity index (χ1v) is 6.34. The van der Waals surface area contributed by atoms with Gasteiger partial charge in [0.1, 0.15) is 5.69 Å². The molecule has 2 heterocycles. The number of halogens is 1. The van der Waals surface area contributed by atoms with E-state index in [-0.39, 0.29) is 5.91 Å². The van der Waals surface area contributed by atoms with Crippen molar-refractivity contribution in [3.63, 3.8) is 0 Å². The van der Waals surface area contributed by atoms with Crippen molar-refractivity contribution < 1.29 is 9.53 Å². The predicted octanol–water partition coefficient (Wildman–Crippen LogP) is 0.234. The average molecular weight is 303 g/mol. The van der Waals surface area contributed by atoms with Crippen molar-refractivity contribution in [2.45, 2.75) is 0 Å². The molecule has 17 heavy (non-hydrogen) atoms. The number of nitrogens with one attached hydrogen (secondary N) is 2. The molecule has 2 N–H and O–H groups in total. The summed E-state index contributed by atoms with van der Waals surface area (Å²) in [6.45, 7) is 4.90. The van der Waals surface area contributed by atoms with Gasteiger partial charge in [0.05, 0.1) is 23.9 Å². The van der Waals surface area contributed by atoms with Crippen LogP contribution in [0.1, 0.15) is 10.5 Å². The van der Waals surface area contributed by atoms with E-state index in [9.17, 15) is 4.79 Å². The summed E-state index contributed by atoms with van der Waals surface area (Å²) in [5.74, 6) is -0.136. The van der Waals surface area contributed by atoms with Crippen molar-refractivity contribution in [1.82, 2.24) is 20.4 Å². The highest BCUT2D eigenvalue weighted by molar-refractivity contribution is 9.10. The van der Waals surface area contributed by atoms with E-state index in [1.54, 1.807) is 6.20 Å². The Morgan fingerprint density at radius 3 is 3.00 bits per heavy atom. The second kappa shape index (κ2) is 6.13. The number of carbonyl (C=O) groups is 1. The van der Waals surface area contributed by atoms with Crippen LogP contribution in [-0.2, 0) is 4.74 Å². The van der Waals surface area contributed by atoms with Crippen molar-refractivity contribution in [2.75, 3.05) is 39.4 Å². The number of hydrogen-bond acceptors (Lipinski definition) is 4. The van der Waals surface area contributed by atoms with Gasteiger partial charge in [-0.05, 0) is 15.9 Å². The molecule has 0 radical (unpaired) electrons. The van der Waals surface area contributed by atoms with Crippen LogP contribution in [0.3, 0.4) is 0 Å². The molecule has 0 unspecified atom stereocenters. The fraction of sp³-hybridized carbons (Fsp3) is 0.600. The number of ether oxygens (including phenoxy) is 1. The molecule has 0 atom stereocenters. The van der Waals surface area contributed by atoms with Gasteiger partial charge in [-0.2, -0.15) is 5.10 Å². The maximum absolute atomic E-state index is 11.7. The smallest absolute Gasteiger partial charge is 0.270 e. The largest absolute Gasteiger partial charge is 0.379 e. The van der Waals surface area contributed by atoms with Crippen molar-refractivity contribution in [3.05, 3.63) is 16.4 Å². The third-order valence-electron chi connectivity index (χ3n) is 2.64. The molecule has 0 spiro atoms. The summed E-state index contributed by atoms with van der Waals surface area (Å²) >= 11 is 3.25. The van der Waals surface area contributed by atoms with Crippen LogP contribution >= 0.6 is 15.9 Å². The number of amides is 1. The Morgan fingerprint density at radius 1 is 1.59 bits per heavy atom. The second-order valence-corrected chi connectivity index (χ2v) is 4.66. The van der Waals surface area contributed by atoms with E-state index >= 15 is 0 Å². The predicted molar refractivity (Wildman–Crippen MR) is 65.9 cm³/mol. The van der Waals surface area contributed by atoms with Crippen LogP contribution in [0.25, 0.3) is 0 Å². The number of aromatic amines is 1. The zero-order valence-electron chi connectivity index (χ0n) is 9.41. The number of H-pyrrole nitrogens is 1. The minimum atomic E-state index is -0.136. The van der Waals surface area contributed by atoms with Crippen molar-refractivity contribution >= 4 is 21.8 Å². The molecule has 2 rings (SSSR count). The molecule has 6 nitrogen and oxygen atoms in total. The minimum absolute atomic E-state index is 0.136. The van der Waals surface area contributed by atoms with Gasteiger partial charge in [-0.15, -0.1) is 0 Å². The first-order chi connectivity index (χ1) is 8.27. The molecule has 0 saturated carbocycles. The zero-order valence-corrected chi connectivity index (χ0v) is 11.0. The summed E-state index contributed by atoms with van der Waals surface area (Å²) in [5.41, 5.74) is 0.465. The summed E-state index contributed by atoms with van der Waals surface area (Å²) < 4.78 is 5.94. The lowest BCUT2D eigenvalue weighted by Gasteiger charge is -2.26. The Labute approximate surface area is 108 Å². The fourth-order valence-corrected chi connectivity index (χ4v) is 2.04. The highest BCUT2D eigenvalue weighted by atomic mass is 79.9. The lowest BCUT2D eigenvalue weighted by molar-refractivity contribution is 0.0383. The summed E-state index contributed by atoms with van der Waals surface area (Å²) in [7, 11) is 0. The lowest BCUT2D eigenvalue weighted by Crippen LogP contribution is -2.41. The van der Waals surface area contributed by atoms with Crippen LogP contribution in [0.2, 0.25) is 0 Å². The quantitative estimate of drug-likeness (QED) is 0.836. The third kappa shape index (κ3) is 3.52. The van der Waals surface area contributed by atoms with Crippen molar-refractivity contribution in [3.8, 4) is 0 Å². The SMILES string of the molecule is O=C(NCCN1CCOCC1)c1[nH]ncc1Br. The summed E-state index contributed by atoms with van der Waals surface area (Å²) in [6.07, 6.45) is 1.57. The molecular formula is C10H15BrN4O2. The van der Waals surface area contributed by atoms with E-state index in [1.165, 1.54) is 0 Å². The Hall–Kier alpha value is -0.920. The second-order valence-electron chi connectivity index (χ2n) is 3.80. The number of hydrogen-bond donors (Lipinski definition) is 2. The van der Waals surface area contributed by atoms with Gasteiger partial charge in [0.2, 0.25) is 0 Å². The number of rotatable bonds is 4. The van der Waals surface area contributed by atoms with E-state index in [2.05, 4.69) is 36.3 Å². The minimum Gasteiger partial charge on any atom is -0.379 e. The average Bonchev–Trinajstić information content (AvgIpc) is 2.77. The van der Waals surface area contributed by atoms with Crippen LogP contribution < -0.4 is 5.32 Å².